The molecule has 3 heterocycles. The van der Waals surface area contributed by atoms with E-state index in [-0.39, 0.29) is 23.3 Å². The van der Waals surface area contributed by atoms with Gasteiger partial charge in [-0.2, -0.15) is 0 Å². The molecule has 0 radical (unpaired) electrons. The van der Waals surface area contributed by atoms with Crippen LogP contribution in [0.4, 0.5) is 5.69 Å². The summed E-state index contributed by atoms with van der Waals surface area (Å²) in [5.74, 6) is 1.01. The fraction of sp³-hybridized carbons (Fsp3) is 0.579. The van der Waals surface area contributed by atoms with Crippen molar-refractivity contribution in [3.05, 3.63) is 24.3 Å². The maximum Gasteiger partial charge on any atom is 0.251 e. The lowest BCUT2D eigenvalue weighted by Gasteiger charge is -2.25. The highest BCUT2D eigenvalue weighted by Crippen LogP contribution is 2.42. The third kappa shape index (κ3) is 2.99. The molecule has 0 aromatic heterocycles. The van der Waals surface area contributed by atoms with E-state index >= 15 is 0 Å². The van der Waals surface area contributed by atoms with Crippen LogP contribution in [0.3, 0.4) is 0 Å². The Morgan fingerprint density at radius 1 is 1.28 bits per heavy atom. The number of methoxy groups -OCH3 is 1. The van der Waals surface area contributed by atoms with Crippen molar-refractivity contribution in [1.82, 2.24) is 4.90 Å². The minimum Gasteiger partial charge on any atom is -0.497 e. The van der Waals surface area contributed by atoms with E-state index in [0.717, 1.165) is 37.2 Å². The van der Waals surface area contributed by atoms with E-state index < -0.39 is 0 Å². The molecule has 3 saturated heterocycles. The second kappa shape index (κ2) is 6.33. The molecule has 0 aliphatic carbocycles. The van der Waals surface area contributed by atoms with Gasteiger partial charge in [-0.05, 0) is 43.5 Å². The Kier molecular flexibility index (Phi) is 4.15. The molecule has 3 fully saturated rings. The van der Waals surface area contributed by atoms with Crippen molar-refractivity contribution in [2.45, 2.75) is 31.8 Å². The minimum absolute atomic E-state index is 0.102. The van der Waals surface area contributed by atoms with Crippen LogP contribution in [0.25, 0.3) is 0 Å². The largest absolute Gasteiger partial charge is 0.497 e. The van der Waals surface area contributed by atoms with Crippen molar-refractivity contribution in [1.29, 1.82) is 0 Å². The molecule has 6 heteroatoms. The van der Waals surface area contributed by atoms with Crippen molar-refractivity contribution in [2.24, 2.45) is 5.41 Å². The molecule has 3 aliphatic heterocycles. The quantitative estimate of drug-likeness (QED) is 0.839. The number of likely N-dealkylation sites (tertiary alicyclic amines) is 1. The predicted molar refractivity (Wildman–Crippen MR) is 92.6 cm³/mol. The van der Waals surface area contributed by atoms with Crippen molar-refractivity contribution < 1.29 is 19.1 Å². The number of ether oxygens (including phenoxy) is 2. The highest BCUT2D eigenvalue weighted by atomic mass is 16.5. The van der Waals surface area contributed by atoms with Crippen LogP contribution < -0.4 is 9.64 Å². The third-order valence-electron chi connectivity index (χ3n) is 5.66. The zero-order valence-corrected chi connectivity index (χ0v) is 14.6. The molecule has 6 nitrogen and oxygen atoms in total. The van der Waals surface area contributed by atoms with Gasteiger partial charge in [-0.15, -0.1) is 0 Å². The van der Waals surface area contributed by atoms with Gasteiger partial charge in [0.1, 0.15) is 11.9 Å². The normalized spacial score (nSPS) is 29.0. The Morgan fingerprint density at radius 3 is 2.76 bits per heavy atom. The van der Waals surface area contributed by atoms with Crippen LogP contribution in [0.1, 0.15) is 25.7 Å². The maximum atomic E-state index is 12.6. The molecule has 1 aromatic carbocycles. The van der Waals surface area contributed by atoms with Crippen molar-refractivity contribution in [3.8, 4) is 5.75 Å². The van der Waals surface area contributed by atoms with Crippen LogP contribution in [0, 0.1) is 5.41 Å². The summed E-state index contributed by atoms with van der Waals surface area (Å²) in [5, 5.41) is 0. The number of benzene rings is 1. The van der Waals surface area contributed by atoms with Gasteiger partial charge in [0.05, 0.1) is 7.11 Å². The molecule has 1 spiro atoms. The molecule has 1 aromatic rings. The van der Waals surface area contributed by atoms with E-state index in [1.54, 1.807) is 7.11 Å². The van der Waals surface area contributed by atoms with Crippen LogP contribution >= 0.6 is 0 Å². The summed E-state index contributed by atoms with van der Waals surface area (Å²) >= 11 is 0. The van der Waals surface area contributed by atoms with Crippen LogP contribution in [0.5, 0.6) is 5.75 Å². The summed E-state index contributed by atoms with van der Waals surface area (Å²) < 4.78 is 10.7. The minimum atomic E-state index is -0.273. The molecule has 0 saturated carbocycles. The van der Waals surface area contributed by atoms with Crippen LogP contribution in [-0.2, 0) is 14.3 Å². The Labute approximate surface area is 147 Å². The molecule has 2 amide bonds. The van der Waals surface area contributed by atoms with Crippen molar-refractivity contribution in [2.75, 3.05) is 38.3 Å². The standard InChI is InChI=1S/C19H24N2O4/c1-24-15-6-4-14(5-7-15)21-13-19(11-17(21)22)8-9-20(12-19)18(23)16-3-2-10-25-16/h4-7,16H,2-3,8-13H2,1H3/t16-,19?/m1/s1. The van der Waals surface area contributed by atoms with E-state index in [1.807, 2.05) is 34.1 Å². The number of hydrogen-bond donors (Lipinski definition) is 0. The van der Waals surface area contributed by atoms with E-state index in [2.05, 4.69) is 0 Å². The Bertz CT molecular complexity index is 669. The van der Waals surface area contributed by atoms with Gasteiger partial charge in [-0.3, -0.25) is 9.59 Å². The zero-order chi connectivity index (χ0) is 17.4. The Balaban J connectivity index is 1.45. The lowest BCUT2D eigenvalue weighted by atomic mass is 9.86. The number of rotatable bonds is 3. The number of anilines is 1. The molecule has 2 atom stereocenters. The van der Waals surface area contributed by atoms with Gasteiger partial charge in [0.15, 0.2) is 0 Å². The fourth-order valence-corrected chi connectivity index (χ4v) is 4.27. The van der Waals surface area contributed by atoms with Gasteiger partial charge >= 0.3 is 0 Å². The molecular weight excluding hydrogens is 320 g/mol. The summed E-state index contributed by atoms with van der Waals surface area (Å²) in [5.41, 5.74) is 0.775. The molecule has 1 unspecified atom stereocenters. The number of hydrogen-bond acceptors (Lipinski definition) is 4. The van der Waals surface area contributed by atoms with Gasteiger partial charge in [0.2, 0.25) is 5.91 Å². The maximum absolute atomic E-state index is 12.6. The molecule has 4 rings (SSSR count). The smallest absolute Gasteiger partial charge is 0.251 e. The monoisotopic (exact) mass is 344 g/mol. The van der Waals surface area contributed by atoms with Gasteiger partial charge < -0.3 is 19.3 Å². The molecular formula is C19H24N2O4. The van der Waals surface area contributed by atoms with Gasteiger partial charge in [-0.25, -0.2) is 0 Å². The average Bonchev–Trinajstić information content (AvgIpc) is 3.36. The van der Waals surface area contributed by atoms with Gasteiger partial charge in [-0.1, -0.05) is 0 Å². The highest BCUT2D eigenvalue weighted by Gasteiger charge is 2.49. The summed E-state index contributed by atoms with van der Waals surface area (Å²) in [6.45, 7) is 2.74. The molecule has 3 aliphatic rings. The van der Waals surface area contributed by atoms with Crippen molar-refractivity contribution >= 4 is 17.5 Å². The van der Waals surface area contributed by atoms with E-state index in [4.69, 9.17) is 9.47 Å². The summed E-state index contributed by atoms with van der Waals surface area (Å²) in [4.78, 5) is 28.9. The second-order valence-electron chi connectivity index (χ2n) is 7.37. The summed E-state index contributed by atoms with van der Waals surface area (Å²) in [6.07, 6.45) is 2.89. The van der Waals surface area contributed by atoms with E-state index in [0.29, 0.717) is 26.1 Å². The molecule has 25 heavy (non-hydrogen) atoms. The first kappa shape index (κ1) is 16.4. The van der Waals surface area contributed by atoms with Gasteiger partial charge in [0, 0.05) is 43.8 Å². The number of carbonyl (C=O) groups excluding carboxylic acids is 2. The Hall–Kier alpha value is -2.08. The predicted octanol–water partition coefficient (Wildman–Crippen LogP) is 1.83. The van der Waals surface area contributed by atoms with Crippen LogP contribution in [0.15, 0.2) is 24.3 Å². The SMILES string of the molecule is COc1ccc(N2CC3(CCN(C(=O)[C@H]4CCCO4)C3)CC2=O)cc1. The summed E-state index contributed by atoms with van der Waals surface area (Å²) in [7, 11) is 1.63. The number of carbonyl (C=O) groups is 2. The van der Waals surface area contributed by atoms with Gasteiger partial charge in [0.25, 0.3) is 5.91 Å². The fourth-order valence-electron chi connectivity index (χ4n) is 4.27. The third-order valence-corrected chi connectivity index (χ3v) is 5.66. The summed E-state index contributed by atoms with van der Waals surface area (Å²) in [6, 6.07) is 7.57. The first-order valence-electron chi connectivity index (χ1n) is 8.95. The highest BCUT2D eigenvalue weighted by molar-refractivity contribution is 5.96. The Morgan fingerprint density at radius 2 is 2.08 bits per heavy atom. The molecule has 0 N–H and O–H groups in total. The number of amides is 2. The van der Waals surface area contributed by atoms with Crippen LogP contribution in [0.2, 0.25) is 0 Å². The lowest BCUT2D eigenvalue weighted by Crippen LogP contribution is -2.39. The van der Waals surface area contributed by atoms with Crippen molar-refractivity contribution in [3.63, 3.8) is 0 Å². The second-order valence-corrected chi connectivity index (χ2v) is 7.37. The van der Waals surface area contributed by atoms with E-state index in [9.17, 15) is 9.59 Å². The van der Waals surface area contributed by atoms with E-state index in [1.165, 1.54) is 0 Å². The molecule has 134 valence electrons. The molecule has 0 bridgehead atoms. The topological polar surface area (TPSA) is 59.1 Å². The number of nitrogens with zero attached hydrogens (tertiary/aromatic N) is 2. The average molecular weight is 344 g/mol. The lowest BCUT2D eigenvalue weighted by molar-refractivity contribution is -0.140. The first-order valence-corrected chi connectivity index (χ1v) is 8.95. The zero-order valence-electron chi connectivity index (χ0n) is 14.6. The van der Waals surface area contributed by atoms with Crippen LogP contribution in [-0.4, -0.2) is 56.2 Å². The first-order chi connectivity index (χ1) is 12.1.